The number of esters is 1. The van der Waals surface area contributed by atoms with Crippen LogP contribution >= 0.6 is 0 Å². The summed E-state index contributed by atoms with van der Waals surface area (Å²) in [6.45, 7) is 9.33. The molecule has 0 saturated carbocycles. The molecule has 2 aromatic carbocycles. The molecule has 1 heterocycles. The highest BCUT2D eigenvalue weighted by molar-refractivity contribution is 5.71. The molecule has 2 aliphatic rings. The van der Waals surface area contributed by atoms with Gasteiger partial charge in [-0.15, -0.1) is 0 Å². The summed E-state index contributed by atoms with van der Waals surface area (Å²) in [5.41, 5.74) is 4.43. The van der Waals surface area contributed by atoms with Gasteiger partial charge in [-0.2, -0.15) is 0 Å². The fourth-order valence-corrected chi connectivity index (χ4v) is 4.95. The molecule has 32 heavy (non-hydrogen) atoms. The van der Waals surface area contributed by atoms with Crippen molar-refractivity contribution in [3.05, 3.63) is 58.7 Å². The molecule has 2 aromatic rings. The standard InChI is InChI=1S/C27H34O5/c1-26(2,3)27(4,30-6)22-9-7-8-21-20(22)12-13-23(21)32-18-10-11-19-17(14-25(28)29-5)16-31-24(19)15-18/h7-11,15,17,23H,12-14,16H2,1-6H3/t17?,23-,27-/m0/s1. The van der Waals surface area contributed by atoms with Crippen LogP contribution in [0.1, 0.15) is 74.8 Å². The van der Waals surface area contributed by atoms with Crippen molar-refractivity contribution in [2.45, 2.75) is 64.6 Å². The number of benzene rings is 2. The molecule has 5 heteroatoms. The van der Waals surface area contributed by atoms with Crippen LogP contribution in [-0.4, -0.2) is 26.8 Å². The molecular formula is C27H34O5. The maximum Gasteiger partial charge on any atom is 0.306 e. The van der Waals surface area contributed by atoms with Gasteiger partial charge in [-0.25, -0.2) is 0 Å². The van der Waals surface area contributed by atoms with Gasteiger partial charge in [0, 0.05) is 24.7 Å². The second-order valence-electron chi connectivity index (χ2n) is 9.99. The van der Waals surface area contributed by atoms with Crippen molar-refractivity contribution in [3.63, 3.8) is 0 Å². The Morgan fingerprint density at radius 3 is 2.56 bits per heavy atom. The largest absolute Gasteiger partial charge is 0.492 e. The second-order valence-corrected chi connectivity index (χ2v) is 9.99. The molecule has 0 radical (unpaired) electrons. The van der Waals surface area contributed by atoms with Gasteiger partial charge in [0.15, 0.2) is 0 Å². The monoisotopic (exact) mass is 438 g/mol. The van der Waals surface area contributed by atoms with E-state index >= 15 is 0 Å². The van der Waals surface area contributed by atoms with E-state index in [1.807, 2.05) is 18.2 Å². The smallest absolute Gasteiger partial charge is 0.306 e. The number of ether oxygens (including phenoxy) is 4. The maximum atomic E-state index is 11.7. The average molecular weight is 439 g/mol. The van der Waals surface area contributed by atoms with Crippen molar-refractivity contribution in [1.82, 2.24) is 0 Å². The van der Waals surface area contributed by atoms with Crippen LogP contribution in [0.4, 0.5) is 0 Å². The van der Waals surface area contributed by atoms with E-state index in [4.69, 9.17) is 18.9 Å². The Kier molecular flexibility index (Phi) is 5.97. The zero-order valence-corrected chi connectivity index (χ0v) is 20.0. The molecule has 1 unspecified atom stereocenters. The summed E-state index contributed by atoms with van der Waals surface area (Å²) in [6, 6.07) is 12.4. The quantitative estimate of drug-likeness (QED) is 0.542. The number of hydrogen-bond acceptors (Lipinski definition) is 5. The maximum absolute atomic E-state index is 11.7. The number of fused-ring (bicyclic) bond motifs is 2. The fourth-order valence-electron chi connectivity index (χ4n) is 4.95. The fraction of sp³-hybridized carbons (Fsp3) is 0.519. The lowest BCUT2D eigenvalue weighted by molar-refractivity contribution is -0.141. The van der Waals surface area contributed by atoms with Crippen molar-refractivity contribution in [3.8, 4) is 11.5 Å². The highest BCUT2D eigenvalue weighted by Gasteiger charge is 2.42. The molecule has 172 valence electrons. The van der Waals surface area contributed by atoms with Crippen molar-refractivity contribution < 1.29 is 23.7 Å². The molecule has 0 N–H and O–H groups in total. The van der Waals surface area contributed by atoms with E-state index in [1.165, 1.54) is 23.8 Å². The molecule has 4 rings (SSSR count). The molecule has 1 aliphatic carbocycles. The molecule has 0 spiro atoms. The van der Waals surface area contributed by atoms with Crippen LogP contribution in [0.3, 0.4) is 0 Å². The number of hydrogen-bond donors (Lipinski definition) is 0. The SMILES string of the molecule is COC(=O)CC1COc2cc(O[C@H]3CCc4c3cccc4[C@](C)(OC)C(C)(C)C)ccc21. The van der Waals surface area contributed by atoms with Gasteiger partial charge in [0.25, 0.3) is 0 Å². The number of methoxy groups -OCH3 is 2. The number of carbonyl (C=O) groups is 1. The summed E-state index contributed by atoms with van der Waals surface area (Å²) < 4.78 is 23.2. The van der Waals surface area contributed by atoms with Gasteiger partial charge < -0.3 is 18.9 Å². The summed E-state index contributed by atoms with van der Waals surface area (Å²) in [6.07, 6.45) is 2.22. The van der Waals surface area contributed by atoms with E-state index in [0.717, 1.165) is 29.9 Å². The third-order valence-corrected chi connectivity index (χ3v) is 7.35. The van der Waals surface area contributed by atoms with Gasteiger partial charge in [-0.3, -0.25) is 4.79 Å². The van der Waals surface area contributed by atoms with Gasteiger partial charge in [0.05, 0.1) is 25.7 Å². The van der Waals surface area contributed by atoms with Crippen molar-refractivity contribution in [2.75, 3.05) is 20.8 Å². The van der Waals surface area contributed by atoms with E-state index in [2.05, 4.69) is 45.9 Å². The Morgan fingerprint density at radius 2 is 1.88 bits per heavy atom. The van der Waals surface area contributed by atoms with E-state index in [0.29, 0.717) is 13.0 Å². The molecule has 0 saturated heterocycles. The van der Waals surface area contributed by atoms with E-state index in [9.17, 15) is 4.79 Å². The van der Waals surface area contributed by atoms with Crippen LogP contribution in [0.25, 0.3) is 0 Å². The van der Waals surface area contributed by atoms with Gasteiger partial charge in [0.1, 0.15) is 17.6 Å². The second kappa shape index (κ2) is 8.43. The number of carbonyl (C=O) groups excluding carboxylic acids is 1. The summed E-state index contributed by atoms with van der Waals surface area (Å²) >= 11 is 0. The molecule has 5 nitrogen and oxygen atoms in total. The first-order valence-corrected chi connectivity index (χ1v) is 11.4. The summed E-state index contributed by atoms with van der Waals surface area (Å²) in [5.74, 6) is 1.40. The Labute approximate surface area is 191 Å². The zero-order chi connectivity index (χ0) is 23.1. The minimum atomic E-state index is -0.386. The van der Waals surface area contributed by atoms with Gasteiger partial charge in [-0.05, 0) is 47.9 Å². The Morgan fingerprint density at radius 1 is 1.09 bits per heavy atom. The first-order chi connectivity index (χ1) is 15.2. The highest BCUT2D eigenvalue weighted by Crippen LogP contribution is 2.48. The predicted octanol–water partition coefficient (Wildman–Crippen LogP) is 5.70. The van der Waals surface area contributed by atoms with Crippen LogP contribution in [-0.2, 0) is 26.3 Å². The van der Waals surface area contributed by atoms with E-state index < -0.39 is 0 Å². The molecule has 1 aliphatic heterocycles. The van der Waals surface area contributed by atoms with Crippen molar-refractivity contribution in [2.24, 2.45) is 5.41 Å². The lowest BCUT2D eigenvalue weighted by Gasteiger charge is -2.42. The van der Waals surface area contributed by atoms with Crippen LogP contribution in [0, 0.1) is 5.41 Å². The van der Waals surface area contributed by atoms with Crippen molar-refractivity contribution >= 4 is 5.97 Å². The van der Waals surface area contributed by atoms with Crippen LogP contribution in [0.2, 0.25) is 0 Å². The average Bonchev–Trinajstić information content (AvgIpc) is 3.36. The summed E-state index contributed by atoms with van der Waals surface area (Å²) in [5, 5.41) is 0. The van der Waals surface area contributed by atoms with Crippen molar-refractivity contribution in [1.29, 1.82) is 0 Å². The molecular weight excluding hydrogens is 404 g/mol. The molecule has 0 bridgehead atoms. The lowest BCUT2D eigenvalue weighted by atomic mass is 9.71. The van der Waals surface area contributed by atoms with Gasteiger partial charge in [0.2, 0.25) is 0 Å². The number of rotatable bonds is 6. The van der Waals surface area contributed by atoms with Crippen LogP contribution in [0.5, 0.6) is 11.5 Å². The summed E-state index contributed by atoms with van der Waals surface area (Å²) in [7, 11) is 3.21. The molecule has 0 aromatic heterocycles. The van der Waals surface area contributed by atoms with E-state index in [-0.39, 0.29) is 29.0 Å². The minimum Gasteiger partial charge on any atom is -0.492 e. The van der Waals surface area contributed by atoms with Gasteiger partial charge in [-0.1, -0.05) is 45.0 Å². The highest BCUT2D eigenvalue weighted by atomic mass is 16.5. The van der Waals surface area contributed by atoms with E-state index in [1.54, 1.807) is 7.11 Å². The first-order valence-electron chi connectivity index (χ1n) is 11.4. The van der Waals surface area contributed by atoms with Gasteiger partial charge >= 0.3 is 5.97 Å². The summed E-state index contributed by atoms with van der Waals surface area (Å²) in [4.78, 5) is 11.7. The van der Waals surface area contributed by atoms with Crippen LogP contribution in [0.15, 0.2) is 36.4 Å². The zero-order valence-electron chi connectivity index (χ0n) is 20.0. The van der Waals surface area contributed by atoms with Crippen LogP contribution < -0.4 is 9.47 Å². The third-order valence-electron chi connectivity index (χ3n) is 7.35. The lowest BCUT2D eigenvalue weighted by Crippen LogP contribution is -2.39. The Balaban J connectivity index is 1.57. The normalized spacial score (nSPS) is 21.3. The Bertz CT molecular complexity index is 1010. The topological polar surface area (TPSA) is 54.0 Å². The predicted molar refractivity (Wildman–Crippen MR) is 123 cm³/mol. The molecule has 0 amide bonds. The Hall–Kier alpha value is -2.53. The molecule has 3 atom stereocenters. The third kappa shape index (κ3) is 3.88. The minimum absolute atomic E-state index is 0.00339. The first kappa shape index (κ1) is 22.7. The molecule has 0 fully saturated rings.